The maximum Gasteiger partial charge on any atom is 0.310 e. The molecule has 1 aliphatic rings. The minimum atomic E-state index is -0.246. The highest BCUT2D eigenvalue weighted by Gasteiger charge is 2.31. The van der Waals surface area contributed by atoms with E-state index in [1.807, 2.05) is 43.3 Å². The molecule has 0 atom stereocenters. The molecule has 0 unspecified atom stereocenters. The lowest BCUT2D eigenvalue weighted by Crippen LogP contribution is -2.48. The average Bonchev–Trinajstić information content (AvgIpc) is 3.09. The average molecular weight is 514 g/mol. The van der Waals surface area contributed by atoms with Crippen LogP contribution in [0.15, 0.2) is 46.9 Å². The summed E-state index contributed by atoms with van der Waals surface area (Å²) < 4.78 is 14.6. The van der Waals surface area contributed by atoms with Crippen molar-refractivity contribution in [3.8, 4) is 5.75 Å². The van der Waals surface area contributed by atoms with E-state index in [1.165, 1.54) is 6.42 Å². The number of esters is 1. The maximum atomic E-state index is 12.0. The first-order chi connectivity index (χ1) is 15.9. The zero-order valence-electron chi connectivity index (χ0n) is 19.6. The van der Waals surface area contributed by atoms with Crippen LogP contribution in [0.5, 0.6) is 5.75 Å². The largest absolute Gasteiger partial charge is 0.487 e. The predicted molar refractivity (Wildman–Crippen MR) is 133 cm³/mol. The Bertz CT molecular complexity index is 1110. The van der Waals surface area contributed by atoms with Crippen LogP contribution in [0.4, 0.5) is 0 Å². The van der Waals surface area contributed by atoms with Crippen molar-refractivity contribution in [2.24, 2.45) is 5.92 Å². The van der Waals surface area contributed by atoms with Gasteiger partial charge in [-0.15, -0.1) is 0 Å². The van der Waals surface area contributed by atoms with Gasteiger partial charge in [-0.25, -0.2) is 0 Å². The third-order valence-electron chi connectivity index (χ3n) is 6.05. The Balaban J connectivity index is 1.54. The minimum Gasteiger partial charge on any atom is -0.487 e. The standard InChI is InChI=1S/C26H32BrN3O3/c1-4-32-26(31)13-19-7-5-6-8-25(19)33-17-24-22-14-20(27)9-10-23(22)28-30(24)21-15-29(16-21)12-11-18(2)3/h5-10,14,18,21H,4,11-13,15-17H2,1-3H3. The van der Waals surface area contributed by atoms with Crippen LogP contribution < -0.4 is 4.74 Å². The first-order valence-corrected chi connectivity index (χ1v) is 12.5. The highest BCUT2D eigenvalue weighted by atomic mass is 79.9. The molecule has 0 radical (unpaired) electrons. The number of benzene rings is 2. The molecular formula is C26H32BrN3O3. The van der Waals surface area contributed by atoms with Crippen molar-refractivity contribution in [1.82, 2.24) is 14.7 Å². The maximum absolute atomic E-state index is 12.0. The summed E-state index contributed by atoms with van der Waals surface area (Å²) in [5.74, 6) is 1.17. The summed E-state index contributed by atoms with van der Waals surface area (Å²) in [6.07, 6.45) is 1.41. The molecule has 0 amide bonds. The monoisotopic (exact) mass is 513 g/mol. The molecule has 0 saturated carbocycles. The van der Waals surface area contributed by atoms with E-state index in [4.69, 9.17) is 14.6 Å². The Kier molecular flexibility index (Phi) is 7.71. The van der Waals surface area contributed by atoms with Crippen LogP contribution >= 0.6 is 15.9 Å². The Morgan fingerprint density at radius 3 is 2.76 bits per heavy atom. The summed E-state index contributed by atoms with van der Waals surface area (Å²) in [5, 5.41) is 6.02. The molecule has 0 aliphatic carbocycles. The molecule has 1 aromatic heterocycles. The number of hydrogen-bond donors (Lipinski definition) is 0. The van der Waals surface area contributed by atoms with Crippen molar-refractivity contribution in [2.45, 2.75) is 46.3 Å². The van der Waals surface area contributed by atoms with Crippen molar-refractivity contribution < 1.29 is 14.3 Å². The molecule has 33 heavy (non-hydrogen) atoms. The number of hydrogen-bond acceptors (Lipinski definition) is 5. The number of carbonyl (C=O) groups is 1. The van der Waals surface area contributed by atoms with Gasteiger partial charge in [0, 0.05) is 28.5 Å². The molecule has 3 aromatic rings. The van der Waals surface area contributed by atoms with Crippen LogP contribution in [-0.4, -0.2) is 46.9 Å². The first-order valence-electron chi connectivity index (χ1n) is 11.7. The summed E-state index contributed by atoms with van der Waals surface area (Å²) in [7, 11) is 0. The number of fused-ring (bicyclic) bond motifs is 1. The van der Waals surface area contributed by atoms with Crippen molar-refractivity contribution in [3.63, 3.8) is 0 Å². The van der Waals surface area contributed by atoms with E-state index in [-0.39, 0.29) is 12.4 Å². The van der Waals surface area contributed by atoms with Crippen LogP contribution in [0, 0.1) is 5.92 Å². The lowest BCUT2D eigenvalue weighted by Gasteiger charge is -2.40. The van der Waals surface area contributed by atoms with Gasteiger partial charge in [-0.3, -0.25) is 14.4 Å². The number of ether oxygens (including phenoxy) is 2. The topological polar surface area (TPSA) is 56.6 Å². The third kappa shape index (κ3) is 5.76. The fourth-order valence-corrected chi connectivity index (χ4v) is 4.56. The van der Waals surface area contributed by atoms with E-state index >= 15 is 0 Å². The Labute approximate surface area is 204 Å². The van der Waals surface area contributed by atoms with Crippen molar-refractivity contribution in [3.05, 3.63) is 58.2 Å². The molecule has 0 bridgehead atoms. The van der Waals surface area contributed by atoms with E-state index in [2.05, 4.69) is 45.4 Å². The summed E-state index contributed by atoms with van der Waals surface area (Å²) in [6, 6.07) is 14.2. The molecule has 1 aliphatic heterocycles. The number of nitrogens with zero attached hydrogens (tertiary/aromatic N) is 3. The van der Waals surface area contributed by atoms with E-state index in [9.17, 15) is 4.79 Å². The molecular weight excluding hydrogens is 482 g/mol. The number of aromatic nitrogens is 2. The minimum absolute atomic E-state index is 0.197. The van der Waals surface area contributed by atoms with E-state index in [0.29, 0.717) is 30.9 Å². The van der Waals surface area contributed by atoms with Gasteiger partial charge < -0.3 is 9.47 Å². The van der Waals surface area contributed by atoms with Crippen LogP contribution in [0.2, 0.25) is 0 Å². The van der Waals surface area contributed by atoms with Gasteiger partial charge >= 0.3 is 5.97 Å². The number of likely N-dealkylation sites (tertiary alicyclic amines) is 1. The molecule has 2 heterocycles. The second-order valence-electron chi connectivity index (χ2n) is 9.03. The number of para-hydroxylation sites is 1. The second-order valence-corrected chi connectivity index (χ2v) is 9.94. The van der Waals surface area contributed by atoms with Gasteiger partial charge in [0.2, 0.25) is 0 Å². The van der Waals surface area contributed by atoms with Crippen LogP contribution in [0.3, 0.4) is 0 Å². The zero-order valence-corrected chi connectivity index (χ0v) is 21.2. The predicted octanol–water partition coefficient (Wildman–Crippen LogP) is 5.39. The van der Waals surface area contributed by atoms with Crippen molar-refractivity contribution in [1.29, 1.82) is 0 Å². The Morgan fingerprint density at radius 2 is 2.00 bits per heavy atom. The van der Waals surface area contributed by atoms with Crippen LogP contribution in [0.25, 0.3) is 10.9 Å². The molecule has 4 rings (SSSR count). The fourth-order valence-electron chi connectivity index (χ4n) is 4.20. The van der Waals surface area contributed by atoms with Crippen LogP contribution in [-0.2, 0) is 22.6 Å². The lowest BCUT2D eigenvalue weighted by atomic mass is 10.1. The Hall–Kier alpha value is -2.38. The van der Waals surface area contributed by atoms with Gasteiger partial charge in [0.25, 0.3) is 0 Å². The zero-order chi connectivity index (χ0) is 23.4. The normalized spacial score (nSPS) is 14.6. The SMILES string of the molecule is CCOC(=O)Cc1ccccc1OCc1c2cc(Br)ccc2nn1C1CN(CCC(C)C)C1. The van der Waals surface area contributed by atoms with Crippen molar-refractivity contribution >= 4 is 32.8 Å². The van der Waals surface area contributed by atoms with Gasteiger partial charge in [-0.1, -0.05) is 48.0 Å². The first kappa shape index (κ1) is 23.8. The molecule has 0 N–H and O–H groups in total. The van der Waals surface area contributed by atoms with Crippen molar-refractivity contribution in [2.75, 3.05) is 26.2 Å². The second kappa shape index (κ2) is 10.7. The van der Waals surface area contributed by atoms with Gasteiger partial charge in [0.15, 0.2) is 0 Å². The van der Waals surface area contributed by atoms with E-state index in [0.717, 1.165) is 46.3 Å². The summed E-state index contributed by atoms with van der Waals surface area (Å²) in [4.78, 5) is 14.5. The molecule has 0 spiro atoms. The van der Waals surface area contributed by atoms with E-state index < -0.39 is 0 Å². The summed E-state index contributed by atoms with van der Waals surface area (Å²) in [6.45, 7) is 10.3. The summed E-state index contributed by atoms with van der Waals surface area (Å²) >= 11 is 3.60. The lowest BCUT2D eigenvalue weighted by molar-refractivity contribution is -0.142. The molecule has 7 heteroatoms. The highest BCUT2D eigenvalue weighted by molar-refractivity contribution is 9.10. The van der Waals surface area contributed by atoms with Gasteiger partial charge in [-0.2, -0.15) is 5.10 Å². The molecule has 1 fully saturated rings. The smallest absolute Gasteiger partial charge is 0.310 e. The third-order valence-corrected chi connectivity index (χ3v) is 6.54. The quantitative estimate of drug-likeness (QED) is 0.340. The number of halogens is 1. The van der Waals surface area contributed by atoms with Gasteiger partial charge in [0.05, 0.1) is 30.3 Å². The molecule has 2 aromatic carbocycles. The molecule has 6 nitrogen and oxygen atoms in total. The van der Waals surface area contributed by atoms with Gasteiger partial charge in [-0.05, 0) is 50.1 Å². The highest BCUT2D eigenvalue weighted by Crippen LogP contribution is 2.31. The fraction of sp³-hybridized carbons (Fsp3) is 0.462. The van der Waals surface area contributed by atoms with Crippen LogP contribution in [0.1, 0.15) is 44.5 Å². The summed E-state index contributed by atoms with van der Waals surface area (Å²) in [5.41, 5.74) is 2.86. The number of rotatable bonds is 10. The molecule has 176 valence electrons. The Morgan fingerprint density at radius 1 is 1.21 bits per heavy atom. The van der Waals surface area contributed by atoms with Gasteiger partial charge in [0.1, 0.15) is 12.4 Å². The van der Waals surface area contributed by atoms with E-state index in [1.54, 1.807) is 0 Å². The number of carbonyl (C=O) groups excluding carboxylic acids is 1. The molecule has 1 saturated heterocycles.